The van der Waals surface area contributed by atoms with Gasteiger partial charge in [0, 0.05) is 42.3 Å². The van der Waals surface area contributed by atoms with E-state index in [0.717, 1.165) is 76.2 Å². The van der Waals surface area contributed by atoms with Gasteiger partial charge in [-0.3, -0.25) is 4.79 Å². The van der Waals surface area contributed by atoms with Crippen molar-refractivity contribution >= 4 is 17.7 Å². The summed E-state index contributed by atoms with van der Waals surface area (Å²) < 4.78 is 28.0. The molecular weight excluding hydrogens is 502 g/mol. The van der Waals surface area contributed by atoms with Crippen LogP contribution in [0.3, 0.4) is 0 Å². The summed E-state index contributed by atoms with van der Waals surface area (Å²) in [5.74, 6) is 4.78. The number of ether oxygens (including phenoxy) is 5. The summed E-state index contributed by atoms with van der Waals surface area (Å²) in [6, 6.07) is 19.9. The van der Waals surface area contributed by atoms with Crippen molar-refractivity contribution in [2.45, 2.75) is 54.5 Å². The molecule has 3 aromatic carbocycles. The van der Waals surface area contributed by atoms with Crippen LogP contribution in [-0.2, 0) is 5.75 Å². The van der Waals surface area contributed by atoms with E-state index in [1.165, 1.54) is 0 Å². The number of piperidine rings is 1. The topological polar surface area (TPSA) is 66.5 Å². The van der Waals surface area contributed by atoms with Crippen LogP contribution in [0.1, 0.15) is 41.6 Å². The number of carbonyl (C=O) groups is 1. The molecule has 0 unspecified atom stereocenters. The summed E-state index contributed by atoms with van der Waals surface area (Å²) in [7, 11) is 3.33. The standard InChI is InChI=1S/C30H31NO6S/c1-33-23-9-12-27(34-2)29(16-23)38-17-19-3-5-20(6-4-19)30(32)31-21-7-8-22(31)14-25(13-21)37-24-10-11-26-28(15-24)36-18-35-26/h3-6,9-12,15-16,21-22,25H,7-8,13-14,17-18H2,1-2H3/t21-,22-/m0/s1. The number of fused-ring (bicyclic) bond motifs is 3. The molecule has 8 heteroatoms. The second kappa shape index (κ2) is 10.7. The maximum absolute atomic E-state index is 13.5. The zero-order valence-corrected chi connectivity index (χ0v) is 22.4. The molecule has 2 bridgehead atoms. The highest BCUT2D eigenvalue weighted by atomic mass is 32.2. The SMILES string of the molecule is COc1ccc(OC)c(SCc2ccc(C(=O)N3[C@H]4CC[C@H]3CC(Oc3ccc5c(c3)OCO5)C4)cc2)c1. The maximum atomic E-state index is 13.5. The highest BCUT2D eigenvalue weighted by molar-refractivity contribution is 7.98. The molecule has 3 aliphatic rings. The summed E-state index contributed by atoms with van der Waals surface area (Å²) in [6.45, 7) is 0.250. The quantitative estimate of drug-likeness (QED) is 0.332. The molecule has 0 N–H and O–H groups in total. The van der Waals surface area contributed by atoms with Gasteiger partial charge in [0.15, 0.2) is 11.5 Å². The second-order valence-electron chi connectivity index (χ2n) is 9.83. The Morgan fingerprint density at radius 1 is 0.895 bits per heavy atom. The van der Waals surface area contributed by atoms with Gasteiger partial charge in [0.05, 0.1) is 19.1 Å². The molecule has 2 atom stereocenters. The summed E-state index contributed by atoms with van der Waals surface area (Å²) in [6.07, 6.45) is 3.81. The Hall–Kier alpha value is -3.52. The molecule has 3 heterocycles. The Balaban J connectivity index is 1.07. The largest absolute Gasteiger partial charge is 0.497 e. The van der Waals surface area contributed by atoms with Crippen LogP contribution in [0, 0.1) is 0 Å². The molecule has 0 spiro atoms. The van der Waals surface area contributed by atoms with E-state index in [2.05, 4.69) is 4.90 Å². The number of hydrogen-bond donors (Lipinski definition) is 0. The van der Waals surface area contributed by atoms with Crippen molar-refractivity contribution < 1.29 is 28.5 Å². The van der Waals surface area contributed by atoms with Gasteiger partial charge in [0.2, 0.25) is 6.79 Å². The van der Waals surface area contributed by atoms with Crippen LogP contribution >= 0.6 is 11.8 Å². The van der Waals surface area contributed by atoms with E-state index < -0.39 is 0 Å². The predicted octanol–water partition coefficient (Wildman–Crippen LogP) is 5.94. The highest BCUT2D eigenvalue weighted by Crippen LogP contribution is 2.40. The fourth-order valence-corrected chi connectivity index (χ4v) is 6.66. The molecule has 3 aliphatic heterocycles. The van der Waals surface area contributed by atoms with Gasteiger partial charge in [0.25, 0.3) is 5.91 Å². The van der Waals surface area contributed by atoms with Crippen LogP contribution in [0.25, 0.3) is 0 Å². The third-order valence-electron chi connectivity index (χ3n) is 7.54. The van der Waals surface area contributed by atoms with Crippen molar-refractivity contribution in [2.75, 3.05) is 21.0 Å². The fraction of sp³-hybridized carbons (Fsp3) is 0.367. The van der Waals surface area contributed by atoms with Gasteiger partial charge < -0.3 is 28.6 Å². The average molecular weight is 534 g/mol. The van der Waals surface area contributed by atoms with Gasteiger partial charge in [0.1, 0.15) is 23.4 Å². The van der Waals surface area contributed by atoms with Gasteiger partial charge in [-0.1, -0.05) is 12.1 Å². The molecule has 2 saturated heterocycles. The minimum Gasteiger partial charge on any atom is -0.497 e. The lowest BCUT2D eigenvalue weighted by Crippen LogP contribution is -2.49. The van der Waals surface area contributed by atoms with Crippen LogP contribution in [0.2, 0.25) is 0 Å². The second-order valence-corrected chi connectivity index (χ2v) is 10.8. The molecular formula is C30H31NO6S. The zero-order chi connectivity index (χ0) is 26.1. The van der Waals surface area contributed by atoms with Crippen LogP contribution in [0.4, 0.5) is 0 Å². The minimum atomic E-state index is 0.0879. The summed E-state index contributed by atoms with van der Waals surface area (Å²) >= 11 is 1.69. The number of thioether (sulfide) groups is 1. The number of hydrogen-bond acceptors (Lipinski definition) is 7. The first-order chi connectivity index (χ1) is 18.6. The maximum Gasteiger partial charge on any atom is 0.254 e. The van der Waals surface area contributed by atoms with Gasteiger partial charge in [-0.25, -0.2) is 0 Å². The highest BCUT2D eigenvalue weighted by Gasteiger charge is 2.44. The van der Waals surface area contributed by atoms with E-state index in [1.807, 2.05) is 60.7 Å². The Bertz CT molecular complexity index is 1300. The molecule has 1 amide bonds. The monoisotopic (exact) mass is 533 g/mol. The number of benzene rings is 3. The lowest BCUT2D eigenvalue weighted by molar-refractivity contribution is 0.0358. The summed E-state index contributed by atoms with van der Waals surface area (Å²) in [5.41, 5.74) is 1.89. The first kappa shape index (κ1) is 24.8. The van der Waals surface area contributed by atoms with Crippen molar-refractivity contribution in [1.29, 1.82) is 0 Å². The van der Waals surface area contributed by atoms with E-state index in [9.17, 15) is 4.79 Å². The van der Waals surface area contributed by atoms with Gasteiger partial charge >= 0.3 is 0 Å². The molecule has 3 aromatic rings. The normalized spacial score (nSPS) is 21.3. The zero-order valence-electron chi connectivity index (χ0n) is 21.6. The van der Waals surface area contributed by atoms with Crippen molar-refractivity contribution in [3.63, 3.8) is 0 Å². The van der Waals surface area contributed by atoms with Crippen molar-refractivity contribution in [3.05, 3.63) is 71.8 Å². The number of amides is 1. The molecule has 6 rings (SSSR count). The van der Waals surface area contributed by atoms with Crippen molar-refractivity contribution in [3.8, 4) is 28.7 Å². The number of rotatable bonds is 8. The van der Waals surface area contributed by atoms with Gasteiger partial charge in [-0.15, -0.1) is 11.8 Å². The molecule has 2 fully saturated rings. The molecule has 38 heavy (non-hydrogen) atoms. The third kappa shape index (κ3) is 4.97. The number of carbonyl (C=O) groups excluding carboxylic acids is 1. The first-order valence-electron chi connectivity index (χ1n) is 12.9. The van der Waals surface area contributed by atoms with Gasteiger partial charge in [-0.2, -0.15) is 0 Å². The molecule has 0 radical (unpaired) electrons. The van der Waals surface area contributed by atoms with E-state index in [4.69, 9.17) is 23.7 Å². The lowest BCUT2D eigenvalue weighted by atomic mass is 9.98. The Labute approximate surface area is 227 Å². The Morgan fingerprint density at radius 2 is 1.63 bits per heavy atom. The number of nitrogens with zero attached hydrogens (tertiary/aromatic N) is 1. The lowest BCUT2D eigenvalue weighted by Gasteiger charge is -2.39. The van der Waals surface area contributed by atoms with Crippen LogP contribution < -0.4 is 23.7 Å². The average Bonchev–Trinajstić information content (AvgIpc) is 3.52. The smallest absolute Gasteiger partial charge is 0.254 e. The third-order valence-corrected chi connectivity index (χ3v) is 8.64. The predicted molar refractivity (Wildman–Crippen MR) is 145 cm³/mol. The molecule has 7 nitrogen and oxygen atoms in total. The summed E-state index contributed by atoms with van der Waals surface area (Å²) in [5, 5.41) is 0. The Kier molecular flexibility index (Phi) is 6.98. The van der Waals surface area contributed by atoms with E-state index >= 15 is 0 Å². The van der Waals surface area contributed by atoms with E-state index in [-0.39, 0.29) is 30.9 Å². The Morgan fingerprint density at radius 3 is 2.37 bits per heavy atom. The van der Waals surface area contributed by atoms with E-state index in [1.54, 1.807) is 26.0 Å². The van der Waals surface area contributed by atoms with Crippen molar-refractivity contribution in [2.24, 2.45) is 0 Å². The van der Waals surface area contributed by atoms with Crippen LogP contribution in [0.5, 0.6) is 28.7 Å². The summed E-state index contributed by atoms with van der Waals surface area (Å²) in [4.78, 5) is 16.6. The minimum absolute atomic E-state index is 0.0879. The van der Waals surface area contributed by atoms with Crippen molar-refractivity contribution in [1.82, 2.24) is 4.90 Å². The molecule has 198 valence electrons. The molecule has 0 aliphatic carbocycles. The van der Waals surface area contributed by atoms with Crippen LogP contribution in [0.15, 0.2) is 65.6 Å². The number of methoxy groups -OCH3 is 2. The first-order valence-corrected chi connectivity index (χ1v) is 13.9. The molecule has 0 aromatic heterocycles. The fourth-order valence-electron chi connectivity index (χ4n) is 5.65. The van der Waals surface area contributed by atoms with Crippen LogP contribution in [-0.4, -0.2) is 50.0 Å². The van der Waals surface area contributed by atoms with Gasteiger partial charge in [-0.05, 0) is 60.9 Å². The van der Waals surface area contributed by atoms with E-state index in [0.29, 0.717) is 0 Å². The molecule has 0 saturated carbocycles.